The smallest absolute Gasteiger partial charge is 0.573 e. The summed E-state index contributed by atoms with van der Waals surface area (Å²) in [4.78, 5) is 0. The summed E-state index contributed by atoms with van der Waals surface area (Å²) < 4.78 is 102. The highest BCUT2D eigenvalue weighted by molar-refractivity contribution is 7.86. The summed E-state index contributed by atoms with van der Waals surface area (Å²) in [5.41, 5.74) is -3.47. The first kappa shape index (κ1) is 20.8. The Morgan fingerprint density at radius 1 is 0.885 bits per heavy atom. The van der Waals surface area contributed by atoms with Gasteiger partial charge in [-0.3, -0.25) is 0 Å². The zero-order chi connectivity index (χ0) is 19.8. The van der Waals surface area contributed by atoms with Crippen molar-refractivity contribution in [1.82, 2.24) is 0 Å². The molecule has 0 aliphatic carbocycles. The van der Waals surface area contributed by atoms with Gasteiger partial charge in [0.1, 0.15) is 5.75 Å². The summed E-state index contributed by atoms with van der Waals surface area (Å²) in [6.45, 7) is 0. The van der Waals surface area contributed by atoms with Crippen molar-refractivity contribution in [1.29, 1.82) is 0 Å². The summed E-state index contributed by atoms with van der Waals surface area (Å²) in [6.07, 6.45) is -4.63. The lowest BCUT2D eigenvalue weighted by Crippen LogP contribution is -3.61. The van der Waals surface area contributed by atoms with Crippen molar-refractivity contribution >= 4 is 10.1 Å². The van der Waals surface area contributed by atoms with Crippen LogP contribution in [0.2, 0.25) is 0 Å². The number of alkyl halides is 6. The van der Waals surface area contributed by atoms with E-state index in [1.165, 1.54) is 15.7 Å². The molecule has 12 heteroatoms. The van der Waals surface area contributed by atoms with Crippen molar-refractivity contribution in [2.75, 3.05) is 0 Å². The number of hydrogen-bond donors (Lipinski definition) is 0. The van der Waals surface area contributed by atoms with Crippen LogP contribution in [-0.2, 0) is 10.1 Å². The standard InChI is InChI=1S/C13H7F3IO.CHF3O3S/c14-13(15,16)18-8-5-6-10-9-3-1-2-4-11(9)17-12(10)7-8;2-1(3,4)8(5,6)7/h1-7H;(H,5,6,7)/q+1;/p-1. The van der Waals surface area contributed by atoms with E-state index in [9.17, 15) is 26.3 Å². The minimum atomic E-state index is -6.09. The molecule has 26 heavy (non-hydrogen) atoms. The molecule has 1 aliphatic rings. The first-order valence-electron chi connectivity index (χ1n) is 6.44. The zero-order valence-corrected chi connectivity index (χ0v) is 15.2. The molecular formula is C14H7F6IO4S. The molecule has 0 aromatic heterocycles. The van der Waals surface area contributed by atoms with E-state index in [1.807, 2.05) is 24.3 Å². The normalized spacial score (nSPS) is 13.3. The first-order valence-corrected chi connectivity index (χ1v) is 10.0. The molecule has 0 saturated carbocycles. The Bertz CT molecular complexity index is 908. The molecule has 0 saturated heterocycles. The summed E-state index contributed by atoms with van der Waals surface area (Å²) >= 11 is -0.404. The second kappa shape index (κ2) is 7.23. The van der Waals surface area contributed by atoms with Crippen LogP contribution < -0.4 is 25.9 Å². The SMILES string of the molecule is FC(F)(F)Oc1ccc2c(c1)[I+]c1ccccc1-2.O=S(=O)([O-])C(F)(F)F. The molecule has 3 rings (SSSR count). The maximum atomic E-state index is 12.1. The average molecular weight is 512 g/mol. The summed E-state index contributed by atoms with van der Waals surface area (Å²) in [7, 11) is -6.09. The lowest BCUT2D eigenvalue weighted by Gasteiger charge is -2.08. The molecule has 1 heterocycles. The molecule has 1 aliphatic heterocycles. The fraction of sp³-hybridized carbons (Fsp3) is 0.143. The third-order valence-electron chi connectivity index (χ3n) is 2.83. The highest BCUT2D eigenvalue weighted by Crippen LogP contribution is 2.28. The topological polar surface area (TPSA) is 66.4 Å². The van der Waals surface area contributed by atoms with Crippen LogP contribution in [0.25, 0.3) is 11.1 Å². The predicted molar refractivity (Wildman–Crippen MR) is 71.7 cm³/mol. The maximum Gasteiger partial charge on any atom is 0.573 e. The molecule has 0 spiro atoms. The number of rotatable bonds is 1. The van der Waals surface area contributed by atoms with Gasteiger partial charge in [-0.15, -0.1) is 13.2 Å². The van der Waals surface area contributed by atoms with Crippen LogP contribution in [0.1, 0.15) is 0 Å². The van der Waals surface area contributed by atoms with E-state index in [-0.39, 0.29) is 5.75 Å². The molecule has 142 valence electrons. The van der Waals surface area contributed by atoms with Crippen LogP contribution in [0.15, 0.2) is 42.5 Å². The summed E-state index contributed by atoms with van der Waals surface area (Å²) in [6, 6.07) is 12.5. The van der Waals surface area contributed by atoms with Gasteiger partial charge in [0.2, 0.25) is 7.14 Å². The van der Waals surface area contributed by atoms with Gasteiger partial charge in [-0.05, 0) is 24.3 Å². The number of fused-ring (bicyclic) bond motifs is 3. The van der Waals surface area contributed by atoms with Crippen LogP contribution in [0, 0.1) is 7.14 Å². The van der Waals surface area contributed by atoms with Crippen molar-refractivity contribution in [3.8, 4) is 16.9 Å². The van der Waals surface area contributed by atoms with E-state index in [0.717, 1.165) is 14.7 Å². The van der Waals surface area contributed by atoms with Gasteiger partial charge in [0.15, 0.2) is 10.1 Å². The Hall–Kier alpha value is -1.54. The average Bonchev–Trinajstić information content (AvgIpc) is 2.81. The Balaban J connectivity index is 0.000000260. The Morgan fingerprint density at radius 3 is 1.96 bits per heavy atom. The fourth-order valence-electron chi connectivity index (χ4n) is 1.86. The minimum Gasteiger partial charge on any atom is -0.741 e. The van der Waals surface area contributed by atoms with Gasteiger partial charge < -0.3 is 9.29 Å². The van der Waals surface area contributed by atoms with Gasteiger partial charge in [0, 0.05) is 17.2 Å². The summed E-state index contributed by atoms with van der Waals surface area (Å²) in [5.74, 6) is -0.131. The van der Waals surface area contributed by atoms with E-state index in [1.54, 1.807) is 6.07 Å². The number of halogens is 7. The lowest BCUT2D eigenvalue weighted by atomic mass is 10.1. The van der Waals surface area contributed by atoms with Gasteiger partial charge in [0.05, 0.1) is 0 Å². The zero-order valence-electron chi connectivity index (χ0n) is 12.2. The molecular weight excluding hydrogens is 505 g/mol. The molecule has 0 bridgehead atoms. The molecule has 0 N–H and O–H groups in total. The van der Waals surface area contributed by atoms with E-state index in [0.29, 0.717) is 0 Å². The highest BCUT2D eigenvalue weighted by Gasteiger charge is 2.37. The van der Waals surface area contributed by atoms with Crippen molar-refractivity contribution in [3.63, 3.8) is 0 Å². The summed E-state index contributed by atoms with van der Waals surface area (Å²) in [5, 5.41) is 0. The second-order valence-electron chi connectivity index (χ2n) is 4.66. The number of hydrogen-bond acceptors (Lipinski definition) is 4. The highest BCUT2D eigenvalue weighted by atomic mass is 127. The fourth-order valence-corrected chi connectivity index (χ4v) is 4.86. The first-order chi connectivity index (χ1) is 11.8. The van der Waals surface area contributed by atoms with Crippen LogP contribution >= 0.6 is 0 Å². The van der Waals surface area contributed by atoms with Gasteiger partial charge in [-0.2, -0.15) is 13.2 Å². The monoisotopic (exact) mass is 512 g/mol. The number of ether oxygens (including phenoxy) is 1. The Labute approximate surface area is 153 Å². The molecule has 0 fully saturated rings. The van der Waals surface area contributed by atoms with Gasteiger partial charge in [-0.25, -0.2) is 8.42 Å². The van der Waals surface area contributed by atoms with E-state index in [2.05, 4.69) is 4.74 Å². The third kappa shape index (κ3) is 5.23. The Morgan fingerprint density at radius 2 is 1.42 bits per heavy atom. The quantitative estimate of drug-likeness (QED) is 0.209. The largest absolute Gasteiger partial charge is 0.741 e. The molecule has 2 aromatic carbocycles. The van der Waals surface area contributed by atoms with E-state index < -0.39 is 43.2 Å². The minimum absolute atomic E-state index is 0.131. The molecule has 0 radical (unpaired) electrons. The van der Waals surface area contributed by atoms with Gasteiger partial charge >= 0.3 is 33.1 Å². The molecule has 2 aromatic rings. The van der Waals surface area contributed by atoms with Gasteiger partial charge in [-0.1, -0.05) is 12.1 Å². The van der Waals surface area contributed by atoms with Crippen LogP contribution in [0.3, 0.4) is 0 Å². The van der Waals surface area contributed by atoms with Crippen molar-refractivity contribution in [2.45, 2.75) is 11.9 Å². The van der Waals surface area contributed by atoms with E-state index in [4.69, 9.17) is 13.0 Å². The molecule has 0 atom stereocenters. The van der Waals surface area contributed by atoms with Gasteiger partial charge in [0.25, 0.3) is 0 Å². The molecule has 4 nitrogen and oxygen atoms in total. The van der Waals surface area contributed by atoms with Crippen molar-refractivity contribution in [3.05, 3.63) is 49.6 Å². The lowest BCUT2D eigenvalue weighted by molar-refractivity contribution is -0.590. The maximum absolute atomic E-state index is 12.1. The molecule has 0 amide bonds. The predicted octanol–water partition coefficient (Wildman–Crippen LogP) is 0.745. The second-order valence-corrected chi connectivity index (χ2v) is 8.90. The third-order valence-corrected chi connectivity index (χ3v) is 6.39. The van der Waals surface area contributed by atoms with Crippen molar-refractivity contribution in [2.24, 2.45) is 0 Å². The van der Waals surface area contributed by atoms with Crippen LogP contribution in [0.4, 0.5) is 26.3 Å². The number of benzene rings is 2. The van der Waals surface area contributed by atoms with Crippen molar-refractivity contribution < 1.29 is 65.3 Å². The Kier molecular flexibility index (Phi) is 5.77. The van der Waals surface area contributed by atoms with Crippen LogP contribution in [-0.4, -0.2) is 24.8 Å². The van der Waals surface area contributed by atoms with Crippen LogP contribution in [0.5, 0.6) is 5.75 Å². The molecule has 0 unspecified atom stereocenters. The van der Waals surface area contributed by atoms with E-state index >= 15 is 0 Å².